The lowest BCUT2D eigenvalue weighted by atomic mass is 9.84. The maximum Gasteiger partial charge on any atom is 0.253 e. The lowest BCUT2D eigenvalue weighted by Crippen LogP contribution is -2.62. The summed E-state index contributed by atoms with van der Waals surface area (Å²) in [5, 5.41) is 9.74. The molecule has 29 heavy (non-hydrogen) atoms. The smallest absolute Gasteiger partial charge is 0.253 e. The first-order valence-corrected chi connectivity index (χ1v) is 9.80. The molecule has 2 aromatic carbocycles. The van der Waals surface area contributed by atoms with E-state index in [4.69, 9.17) is 0 Å². The molecule has 0 bridgehead atoms. The van der Waals surface area contributed by atoms with E-state index >= 15 is 0 Å². The van der Waals surface area contributed by atoms with Gasteiger partial charge in [0.2, 0.25) is 5.91 Å². The van der Waals surface area contributed by atoms with E-state index in [0.717, 1.165) is 35.6 Å². The number of amides is 2. The zero-order chi connectivity index (χ0) is 19.6. The fraction of sp³-hybridized carbons (Fsp3) is 0.364. The van der Waals surface area contributed by atoms with Crippen LogP contribution in [0.5, 0.6) is 0 Å². The highest BCUT2D eigenvalue weighted by atomic mass is 35.5. The molecule has 0 aromatic heterocycles. The van der Waals surface area contributed by atoms with Crippen molar-refractivity contribution in [2.75, 3.05) is 29.9 Å². The molecule has 1 saturated heterocycles. The second-order valence-electron chi connectivity index (χ2n) is 7.57. The van der Waals surface area contributed by atoms with Gasteiger partial charge in [-0.2, -0.15) is 0 Å². The molecule has 0 atom stereocenters. The van der Waals surface area contributed by atoms with Crippen molar-refractivity contribution in [3.05, 3.63) is 59.7 Å². The molecule has 0 radical (unpaired) electrons. The maximum atomic E-state index is 13.4. The molecule has 0 unspecified atom stereocenters. The van der Waals surface area contributed by atoms with Crippen LogP contribution in [0, 0.1) is 6.92 Å². The van der Waals surface area contributed by atoms with Crippen LogP contribution in [0.4, 0.5) is 11.4 Å². The number of halogens is 1. The predicted octanol–water partition coefficient (Wildman–Crippen LogP) is 2.61. The Kier molecular flexibility index (Phi) is 6.45. The number of fused-ring (bicyclic) bond motifs is 1. The predicted molar refractivity (Wildman–Crippen MR) is 118 cm³/mol. The van der Waals surface area contributed by atoms with E-state index in [1.807, 2.05) is 55.5 Å². The van der Waals surface area contributed by atoms with Crippen molar-refractivity contribution < 1.29 is 9.59 Å². The van der Waals surface area contributed by atoms with Crippen molar-refractivity contribution >= 4 is 35.6 Å². The van der Waals surface area contributed by atoms with Gasteiger partial charge in [0, 0.05) is 6.54 Å². The highest BCUT2D eigenvalue weighted by Crippen LogP contribution is 2.38. The van der Waals surface area contributed by atoms with Crippen LogP contribution in [0.25, 0.3) is 0 Å². The van der Waals surface area contributed by atoms with Crippen LogP contribution in [0.2, 0.25) is 0 Å². The fourth-order valence-corrected chi connectivity index (χ4v) is 4.04. The third-order valence-corrected chi connectivity index (χ3v) is 5.72. The third kappa shape index (κ3) is 4.23. The summed E-state index contributed by atoms with van der Waals surface area (Å²) in [5.41, 5.74) is 3.27. The Morgan fingerprint density at radius 1 is 1.10 bits per heavy atom. The number of hydrogen-bond acceptors (Lipinski definition) is 4. The minimum absolute atomic E-state index is 0. The van der Waals surface area contributed by atoms with Crippen molar-refractivity contribution in [3.8, 4) is 0 Å². The Bertz CT molecular complexity index is 896. The summed E-state index contributed by atoms with van der Waals surface area (Å²) in [7, 11) is 0. The SMILES string of the molecule is Cc1ccccc1CNC(=O)CN1C(=O)C2(CCNCC2)Nc2ccccc21.Cl. The monoisotopic (exact) mass is 414 g/mol. The molecule has 2 aromatic rings. The van der Waals surface area contributed by atoms with Gasteiger partial charge in [-0.1, -0.05) is 36.4 Å². The van der Waals surface area contributed by atoms with Crippen molar-refractivity contribution in [1.82, 2.24) is 10.6 Å². The van der Waals surface area contributed by atoms with Crippen LogP contribution in [-0.4, -0.2) is 37.0 Å². The van der Waals surface area contributed by atoms with Gasteiger partial charge < -0.3 is 16.0 Å². The summed E-state index contributed by atoms with van der Waals surface area (Å²) < 4.78 is 0. The summed E-state index contributed by atoms with van der Waals surface area (Å²) in [4.78, 5) is 27.7. The molecule has 1 fully saturated rings. The lowest BCUT2D eigenvalue weighted by Gasteiger charge is -2.45. The van der Waals surface area contributed by atoms with Gasteiger partial charge in [0.15, 0.2) is 0 Å². The zero-order valence-electron chi connectivity index (χ0n) is 16.5. The van der Waals surface area contributed by atoms with E-state index in [1.54, 1.807) is 4.90 Å². The Balaban J connectivity index is 0.00000240. The number of benzene rings is 2. The van der Waals surface area contributed by atoms with Crippen LogP contribution < -0.4 is 20.9 Å². The van der Waals surface area contributed by atoms with Crippen LogP contribution >= 0.6 is 12.4 Å². The first-order valence-electron chi connectivity index (χ1n) is 9.80. The minimum Gasteiger partial charge on any atom is -0.369 e. The molecular weight excluding hydrogens is 388 g/mol. The standard InChI is InChI=1S/C22H26N4O2.ClH/c1-16-6-2-3-7-17(16)14-24-20(27)15-26-19-9-5-4-8-18(19)25-22(21(26)28)10-12-23-13-11-22;/h2-9,23,25H,10-15H2,1H3,(H,24,27);1H. The number of aryl methyl sites for hydroxylation is 1. The molecule has 7 heteroatoms. The van der Waals surface area contributed by atoms with Crippen LogP contribution in [0.15, 0.2) is 48.5 Å². The molecular formula is C22H27ClN4O2. The van der Waals surface area contributed by atoms with E-state index in [-0.39, 0.29) is 30.8 Å². The van der Waals surface area contributed by atoms with Crippen molar-refractivity contribution in [1.29, 1.82) is 0 Å². The Morgan fingerprint density at radius 2 is 1.79 bits per heavy atom. The first kappa shape index (κ1) is 21.1. The normalized spacial score (nSPS) is 17.1. The number of nitrogens with one attached hydrogen (secondary N) is 3. The number of piperidine rings is 1. The lowest BCUT2D eigenvalue weighted by molar-refractivity contribution is -0.127. The molecule has 0 aliphatic carbocycles. The summed E-state index contributed by atoms with van der Waals surface area (Å²) in [6.45, 7) is 4.09. The average molecular weight is 415 g/mol. The Labute approximate surface area is 177 Å². The van der Waals surface area contributed by atoms with Gasteiger partial charge in [-0.15, -0.1) is 12.4 Å². The largest absolute Gasteiger partial charge is 0.369 e. The Morgan fingerprint density at radius 3 is 2.55 bits per heavy atom. The molecule has 4 rings (SSSR count). The maximum absolute atomic E-state index is 13.4. The topological polar surface area (TPSA) is 73.5 Å². The van der Waals surface area contributed by atoms with Gasteiger partial charge in [-0.3, -0.25) is 14.5 Å². The summed E-state index contributed by atoms with van der Waals surface area (Å²) in [5.74, 6) is -0.170. The second kappa shape index (κ2) is 8.84. The highest BCUT2D eigenvalue weighted by molar-refractivity contribution is 6.10. The Hall–Kier alpha value is -2.57. The molecule has 0 saturated carbocycles. The number of rotatable bonds is 4. The number of nitrogens with zero attached hydrogens (tertiary/aromatic N) is 1. The second-order valence-corrected chi connectivity index (χ2v) is 7.57. The molecule has 3 N–H and O–H groups in total. The highest BCUT2D eigenvalue weighted by Gasteiger charge is 2.46. The number of anilines is 2. The number of carbonyl (C=O) groups excluding carboxylic acids is 2. The number of carbonyl (C=O) groups is 2. The van der Waals surface area contributed by atoms with Gasteiger partial charge in [0.05, 0.1) is 11.4 Å². The van der Waals surface area contributed by atoms with E-state index in [1.165, 1.54) is 0 Å². The molecule has 2 aliphatic rings. The van der Waals surface area contributed by atoms with Crippen molar-refractivity contribution in [2.45, 2.75) is 31.8 Å². The first-order chi connectivity index (χ1) is 13.6. The number of hydrogen-bond donors (Lipinski definition) is 3. The van der Waals surface area contributed by atoms with Gasteiger partial charge in [0.1, 0.15) is 12.1 Å². The van der Waals surface area contributed by atoms with E-state index in [9.17, 15) is 9.59 Å². The zero-order valence-corrected chi connectivity index (χ0v) is 17.3. The van der Waals surface area contributed by atoms with Crippen molar-refractivity contribution in [2.24, 2.45) is 0 Å². The van der Waals surface area contributed by atoms with Gasteiger partial charge in [-0.05, 0) is 56.1 Å². The average Bonchev–Trinajstić information content (AvgIpc) is 2.71. The van der Waals surface area contributed by atoms with Crippen molar-refractivity contribution in [3.63, 3.8) is 0 Å². The number of para-hydroxylation sites is 2. The van der Waals surface area contributed by atoms with E-state index in [2.05, 4.69) is 16.0 Å². The summed E-state index contributed by atoms with van der Waals surface area (Å²) in [6, 6.07) is 15.7. The molecule has 6 nitrogen and oxygen atoms in total. The molecule has 2 amide bonds. The molecule has 2 heterocycles. The molecule has 2 aliphatic heterocycles. The third-order valence-electron chi connectivity index (χ3n) is 5.72. The minimum atomic E-state index is -0.629. The van der Waals surface area contributed by atoms with Gasteiger partial charge >= 0.3 is 0 Å². The molecule has 1 spiro atoms. The van der Waals surface area contributed by atoms with Crippen LogP contribution in [0.3, 0.4) is 0 Å². The summed E-state index contributed by atoms with van der Waals surface area (Å²) >= 11 is 0. The van der Waals surface area contributed by atoms with Crippen LogP contribution in [0.1, 0.15) is 24.0 Å². The quantitative estimate of drug-likeness (QED) is 0.719. The fourth-order valence-electron chi connectivity index (χ4n) is 4.04. The van der Waals surface area contributed by atoms with Crippen LogP contribution in [-0.2, 0) is 16.1 Å². The molecule has 154 valence electrons. The summed E-state index contributed by atoms with van der Waals surface area (Å²) in [6.07, 6.45) is 1.42. The van der Waals surface area contributed by atoms with Gasteiger partial charge in [-0.25, -0.2) is 0 Å². The van der Waals surface area contributed by atoms with E-state index in [0.29, 0.717) is 19.4 Å². The van der Waals surface area contributed by atoms with E-state index < -0.39 is 5.54 Å². The van der Waals surface area contributed by atoms with Gasteiger partial charge in [0.25, 0.3) is 5.91 Å².